The lowest BCUT2D eigenvalue weighted by molar-refractivity contribution is -0.385. The monoisotopic (exact) mass is 442 g/mol. The summed E-state index contributed by atoms with van der Waals surface area (Å²) in [6.45, 7) is 0. The molecule has 0 saturated carbocycles. The molecule has 12 nitrogen and oxygen atoms in total. The van der Waals surface area contributed by atoms with Gasteiger partial charge in [-0.1, -0.05) is 0 Å². The molecule has 0 saturated heterocycles. The summed E-state index contributed by atoms with van der Waals surface area (Å²) < 4.78 is 21.0. The van der Waals surface area contributed by atoms with E-state index in [-0.39, 0.29) is 22.9 Å². The van der Waals surface area contributed by atoms with Crippen molar-refractivity contribution in [1.82, 2.24) is 0 Å². The molecule has 0 fully saturated rings. The zero-order chi connectivity index (χ0) is 23.4. The topological polar surface area (TPSA) is 157 Å². The number of hydrogen-bond donors (Lipinski definition) is 0. The number of methoxy groups -OCH3 is 2. The lowest BCUT2D eigenvalue weighted by Gasteiger charge is -2.21. The van der Waals surface area contributed by atoms with Crippen molar-refractivity contribution in [3.05, 3.63) is 91.8 Å². The van der Waals surface area contributed by atoms with Crippen molar-refractivity contribution in [1.29, 1.82) is 0 Å². The van der Waals surface area contributed by atoms with Gasteiger partial charge in [0.1, 0.15) is 11.5 Å². The number of nitro benzene ring substituents is 2. The fraction of sp³-hybridized carbons (Fsp3) is 0.100. The number of hydrogen-bond acceptors (Lipinski definition) is 10. The largest absolute Gasteiger partial charge is 0.489 e. The van der Waals surface area contributed by atoms with Crippen LogP contribution in [0.3, 0.4) is 0 Å². The fourth-order valence-electron chi connectivity index (χ4n) is 2.68. The third-order valence-corrected chi connectivity index (χ3v) is 4.18. The van der Waals surface area contributed by atoms with Gasteiger partial charge in [-0.15, -0.1) is 0 Å². The maximum absolute atomic E-state index is 12.9. The maximum Gasteiger partial charge on any atom is 0.270 e. The summed E-state index contributed by atoms with van der Waals surface area (Å²) in [5.74, 6) is -3.64. The SMILES string of the molecule is COC1=C(Oc2ccc([N+](=O)[O-])cc2)C(=O)C(OC)=C(Oc2ccc([N+](=O)[O-])cc2)C1=O. The van der Waals surface area contributed by atoms with E-state index in [9.17, 15) is 29.8 Å². The van der Waals surface area contributed by atoms with E-state index >= 15 is 0 Å². The molecule has 1 aliphatic carbocycles. The van der Waals surface area contributed by atoms with Crippen molar-refractivity contribution in [3.63, 3.8) is 0 Å². The van der Waals surface area contributed by atoms with E-state index in [0.29, 0.717) is 0 Å². The molecule has 0 unspecified atom stereocenters. The van der Waals surface area contributed by atoms with Gasteiger partial charge in [-0.05, 0) is 24.3 Å². The number of ketones is 2. The van der Waals surface area contributed by atoms with Crippen molar-refractivity contribution in [2.45, 2.75) is 0 Å². The summed E-state index contributed by atoms with van der Waals surface area (Å²) in [5.41, 5.74) is -0.388. The van der Waals surface area contributed by atoms with E-state index in [0.717, 1.165) is 38.5 Å². The van der Waals surface area contributed by atoms with E-state index in [1.165, 1.54) is 24.3 Å². The van der Waals surface area contributed by atoms with E-state index < -0.39 is 44.4 Å². The van der Waals surface area contributed by atoms with Gasteiger partial charge in [0.05, 0.1) is 24.1 Å². The van der Waals surface area contributed by atoms with Crippen LogP contribution in [-0.2, 0) is 19.1 Å². The third kappa shape index (κ3) is 4.23. The van der Waals surface area contributed by atoms with Crippen LogP contribution in [0.4, 0.5) is 11.4 Å². The van der Waals surface area contributed by atoms with Crippen molar-refractivity contribution in [3.8, 4) is 11.5 Å². The van der Waals surface area contributed by atoms with Crippen LogP contribution in [0.15, 0.2) is 71.6 Å². The first-order valence-corrected chi connectivity index (χ1v) is 8.77. The van der Waals surface area contributed by atoms with E-state index in [1.54, 1.807) is 0 Å². The van der Waals surface area contributed by atoms with E-state index in [2.05, 4.69) is 0 Å². The molecule has 0 aromatic heterocycles. The first-order valence-electron chi connectivity index (χ1n) is 8.77. The highest BCUT2D eigenvalue weighted by molar-refractivity contribution is 6.22. The van der Waals surface area contributed by atoms with Gasteiger partial charge >= 0.3 is 0 Å². The van der Waals surface area contributed by atoms with Crippen LogP contribution < -0.4 is 9.47 Å². The Kier molecular flexibility index (Phi) is 6.14. The zero-order valence-corrected chi connectivity index (χ0v) is 16.6. The summed E-state index contributed by atoms with van der Waals surface area (Å²) in [5, 5.41) is 21.6. The second-order valence-electron chi connectivity index (χ2n) is 6.09. The highest BCUT2D eigenvalue weighted by Gasteiger charge is 2.40. The van der Waals surface area contributed by atoms with Crippen molar-refractivity contribution >= 4 is 22.9 Å². The molecule has 0 atom stereocenters. The minimum absolute atomic E-state index is 0.0384. The molecular formula is C20H14N2O10. The van der Waals surface area contributed by atoms with Crippen LogP contribution in [0, 0.1) is 20.2 Å². The fourth-order valence-corrected chi connectivity index (χ4v) is 2.68. The van der Waals surface area contributed by atoms with Gasteiger partial charge in [0.25, 0.3) is 22.9 Å². The second-order valence-corrected chi connectivity index (χ2v) is 6.09. The lowest BCUT2D eigenvalue weighted by atomic mass is 10.0. The predicted octanol–water partition coefficient (Wildman–Crippen LogP) is 2.83. The van der Waals surface area contributed by atoms with Crippen molar-refractivity contribution in [2.75, 3.05) is 14.2 Å². The molecule has 32 heavy (non-hydrogen) atoms. The van der Waals surface area contributed by atoms with Gasteiger partial charge in [-0.2, -0.15) is 0 Å². The molecule has 0 bridgehead atoms. The van der Waals surface area contributed by atoms with Crippen molar-refractivity contribution in [2.24, 2.45) is 0 Å². The second kappa shape index (κ2) is 8.95. The Labute approximate surface area is 179 Å². The van der Waals surface area contributed by atoms with Gasteiger partial charge in [-0.25, -0.2) is 0 Å². The standard InChI is InChI=1S/C20H14N2O10/c1-29-17-15(23)20(32-14-9-5-12(6-10-14)22(27)28)18(30-2)16(24)19(17)31-13-7-3-11(4-8-13)21(25)26/h3-10H,1-2H3. The Hall–Kier alpha value is -4.74. The van der Waals surface area contributed by atoms with Crippen LogP contribution in [0.5, 0.6) is 11.5 Å². The molecule has 0 spiro atoms. The first kappa shape index (κ1) is 22.0. The molecule has 3 rings (SSSR count). The van der Waals surface area contributed by atoms with Gasteiger partial charge < -0.3 is 18.9 Å². The normalized spacial score (nSPS) is 13.7. The Morgan fingerprint density at radius 3 is 1.16 bits per heavy atom. The van der Waals surface area contributed by atoms with Gasteiger partial charge in [-0.3, -0.25) is 29.8 Å². The molecule has 0 N–H and O–H groups in total. The summed E-state index contributed by atoms with van der Waals surface area (Å²) in [6, 6.07) is 9.62. The van der Waals surface area contributed by atoms with Crippen LogP contribution in [0.1, 0.15) is 0 Å². The smallest absolute Gasteiger partial charge is 0.270 e. The summed E-state index contributed by atoms with van der Waals surface area (Å²) in [7, 11) is 2.28. The highest BCUT2D eigenvalue weighted by atomic mass is 16.6. The average Bonchev–Trinajstić information content (AvgIpc) is 2.78. The average molecular weight is 442 g/mol. The van der Waals surface area contributed by atoms with Gasteiger partial charge in [0.2, 0.25) is 23.0 Å². The lowest BCUT2D eigenvalue weighted by Crippen LogP contribution is -2.30. The predicted molar refractivity (Wildman–Crippen MR) is 106 cm³/mol. The molecule has 164 valence electrons. The highest BCUT2D eigenvalue weighted by Crippen LogP contribution is 2.31. The molecule has 2 aromatic rings. The quantitative estimate of drug-likeness (QED) is 0.338. The summed E-state index contributed by atoms with van der Waals surface area (Å²) in [4.78, 5) is 46.2. The number of Topliss-reactive ketones (excluding diaryl/α,β-unsaturated/α-hetero) is 2. The number of nitro groups is 2. The van der Waals surface area contributed by atoms with E-state index in [1.807, 2.05) is 0 Å². The molecule has 0 heterocycles. The Balaban J connectivity index is 1.93. The molecule has 0 aliphatic heterocycles. The molecule has 0 amide bonds. The Morgan fingerprint density at radius 1 is 0.594 bits per heavy atom. The number of benzene rings is 2. The molecule has 12 heteroatoms. The summed E-state index contributed by atoms with van der Waals surface area (Å²) in [6.07, 6.45) is 0. The summed E-state index contributed by atoms with van der Waals surface area (Å²) >= 11 is 0. The van der Waals surface area contributed by atoms with Crippen LogP contribution in [0.2, 0.25) is 0 Å². The van der Waals surface area contributed by atoms with Gasteiger partial charge in [0, 0.05) is 24.3 Å². The third-order valence-electron chi connectivity index (χ3n) is 4.18. The maximum atomic E-state index is 12.9. The van der Waals surface area contributed by atoms with Crippen LogP contribution in [-0.4, -0.2) is 35.6 Å². The Morgan fingerprint density at radius 2 is 0.906 bits per heavy atom. The first-order chi connectivity index (χ1) is 15.3. The molecule has 0 radical (unpaired) electrons. The minimum atomic E-state index is -0.876. The molecular weight excluding hydrogens is 428 g/mol. The number of nitrogens with zero attached hydrogens (tertiary/aromatic N) is 2. The molecule has 1 aliphatic rings. The van der Waals surface area contributed by atoms with Crippen molar-refractivity contribution < 1.29 is 38.4 Å². The van der Waals surface area contributed by atoms with Gasteiger partial charge in [0.15, 0.2) is 0 Å². The number of carbonyl (C=O) groups is 2. The molecule has 2 aromatic carbocycles. The zero-order valence-electron chi connectivity index (χ0n) is 16.6. The van der Waals surface area contributed by atoms with Crippen LogP contribution in [0.25, 0.3) is 0 Å². The number of carbonyl (C=O) groups excluding carboxylic acids is 2. The number of ether oxygens (including phenoxy) is 4. The number of rotatable bonds is 8. The van der Waals surface area contributed by atoms with E-state index in [4.69, 9.17) is 18.9 Å². The Bertz CT molecular complexity index is 1070. The number of non-ortho nitro benzene ring substituents is 2. The van der Waals surface area contributed by atoms with Crippen LogP contribution >= 0.6 is 0 Å². The minimum Gasteiger partial charge on any atom is -0.489 e.